The van der Waals surface area contributed by atoms with Crippen LogP contribution >= 0.6 is 15.9 Å². The van der Waals surface area contributed by atoms with Crippen molar-refractivity contribution in [3.05, 3.63) is 76.0 Å². The van der Waals surface area contributed by atoms with Crippen molar-refractivity contribution in [1.82, 2.24) is 10.9 Å². The molecule has 0 saturated heterocycles. The Hall–Kier alpha value is -2.86. The van der Waals surface area contributed by atoms with E-state index in [1.807, 2.05) is 37.3 Å². The molecule has 5 nitrogen and oxygen atoms in total. The van der Waals surface area contributed by atoms with Gasteiger partial charge in [0.2, 0.25) is 0 Å². The van der Waals surface area contributed by atoms with Gasteiger partial charge in [-0.2, -0.15) is 0 Å². The molecule has 6 heteroatoms. The standard InChI is InChI=1S/C20H17BrN2O3/c1-2-17-14(13-7-4-6-10-18(13)26-17)11-12-19(24)22-23-20(25)15-8-3-5-9-16(15)21/h3-12H,2H2,1H3,(H,22,24)(H,23,25)/b12-11+. The van der Waals surface area contributed by atoms with Crippen molar-refractivity contribution in [2.45, 2.75) is 13.3 Å². The van der Waals surface area contributed by atoms with E-state index in [2.05, 4.69) is 26.8 Å². The number of benzene rings is 2. The first-order valence-corrected chi connectivity index (χ1v) is 8.92. The van der Waals surface area contributed by atoms with E-state index in [-0.39, 0.29) is 0 Å². The van der Waals surface area contributed by atoms with Crippen LogP contribution in [0.3, 0.4) is 0 Å². The highest BCUT2D eigenvalue weighted by Gasteiger charge is 2.11. The Balaban J connectivity index is 1.69. The van der Waals surface area contributed by atoms with Crippen LogP contribution in [0.2, 0.25) is 0 Å². The van der Waals surface area contributed by atoms with Crippen molar-refractivity contribution in [2.75, 3.05) is 0 Å². The molecule has 0 spiro atoms. The third-order valence-corrected chi connectivity index (χ3v) is 4.54. The van der Waals surface area contributed by atoms with Crippen LogP contribution in [0, 0.1) is 0 Å². The average molecular weight is 413 g/mol. The normalized spacial score (nSPS) is 11.0. The van der Waals surface area contributed by atoms with Crippen LogP contribution < -0.4 is 10.9 Å². The summed E-state index contributed by atoms with van der Waals surface area (Å²) in [4.78, 5) is 24.1. The Morgan fingerprint density at radius 2 is 1.81 bits per heavy atom. The lowest BCUT2D eigenvalue weighted by Gasteiger charge is -2.06. The van der Waals surface area contributed by atoms with E-state index in [4.69, 9.17) is 4.42 Å². The number of carbonyl (C=O) groups excluding carboxylic acids is 2. The first kappa shape index (κ1) is 17.9. The van der Waals surface area contributed by atoms with Crippen LogP contribution in [-0.4, -0.2) is 11.8 Å². The Morgan fingerprint density at radius 3 is 2.58 bits per heavy atom. The van der Waals surface area contributed by atoms with Crippen LogP contribution in [0.15, 0.2) is 63.5 Å². The molecular weight excluding hydrogens is 396 g/mol. The summed E-state index contributed by atoms with van der Waals surface area (Å²) in [6.45, 7) is 1.99. The summed E-state index contributed by atoms with van der Waals surface area (Å²) in [5.74, 6) is -0.0209. The van der Waals surface area contributed by atoms with Crippen LogP contribution in [0.4, 0.5) is 0 Å². The van der Waals surface area contributed by atoms with Gasteiger partial charge in [-0.05, 0) is 40.2 Å². The first-order chi connectivity index (χ1) is 12.6. The van der Waals surface area contributed by atoms with E-state index < -0.39 is 11.8 Å². The number of hydrogen-bond acceptors (Lipinski definition) is 3. The lowest BCUT2D eigenvalue weighted by Crippen LogP contribution is -2.40. The number of aryl methyl sites for hydroxylation is 1. The second-order valence-electron chi connectivity index (χ2n) is 5.55. The van der Waals surface area contributed by atoms with Crippen molar-refractivity contribution in [3.8, 4) is 0 Å². The second-order valence-corrected chi connectivity index (χ2v) is 6.40. The number of hydrazine groups is 1. The van der Waals surface area contributed by atoms with Crippen LogP contribution in [0.1, 0.15) is 28.6 Å². The van der Waals surface area contributed by atoms with Gasteiger partial charge in [-0.1, -0.05) is 37.3 Å². The van der Waals surface area contributed by atoms with Crippen LogP contribution in [-0.2, 0) is 11.2 Å². The fourth-order valence-electron chi connectivity index (χ4n) is 2.59. The van der Waals surface area contributed by atoms with Crippen LogP contribution in [0.5, 0.6) is 0 Å². The molecular formula is C20H17BrN2O3. The SMILES string of the molecule is CCc1oc2ccccc2c1/C=C/C(=O)NNC(=O)c1ccccc1Br. The minimum atomic E-state index is -0.433. The molecule has 0 atom stereocenters. The van der Waals surface area contributed by atoms with Crippen molar-refractivity contribution < 1.29 is 14.0 Å². The third kappa shape index (κ3) is 3.86. The number of fused-ring (bicyclic) bond motifs is 1. The molecule has 0 saturated carbocycles. The summed E-state index contributed by atoms with van der Waals surface area (Å²) in [6, 6.07) is 14.6. The predicted molar refractivity (Wildman–Crippen MR) is 104 cm³/mol. The predicted octanol–water partition coefficient (Wildman–Crippen LogP) is 4.23. The number of rotatable bonds is 4. The molecule has 3 rings (SSSR count). The molecule has 0 radical (unpaired) electrons. The molecule has 0 bridgehead atoms. The number of amides is 2. The average Bonchev–Trinajstić information content (AvgIpc) is 3.02. The fourth-order valence-corrected chi connectivity index (χ4v) is 3.06. The first-order valence-electron chi connectivity index (χ1n) is 8.13. The van der Waals surface area contributed by atoms with Gasteiger partial charge in [-0.3, -0.25) is 20.4 Å². The Bertz CT molecular complexity index is 992. The van der Waals surface area contributed by atoms with Crippen molar-refractivity contribution in [2.24, 2.45) is 0 Å². The van der Waals surface area contributed by atoms with E-state index in [0.717, 1.165) is 28.7 Å². The molecule has 2 aromatic carbocycles. The molecule has 0 aliphatic carbocycles. The highest BCUT2D eigenvalue weighted by molar-refractivity contribution is 9.10. The van der Waals surface area contributed by atoms with Gasteiger partial charge in [-0.25, -0.2) is 0 Å². The number of halogens is 1. The fraction of sp³-hybridized carbons (Fsp3) is 0.100. The monoisotopic (exact) mass is 412 g/mol. The van der Waals surface area contributed by atoms with Crippen molar-refractivity contribution >= 4 is 44.8 Å². The minimum Gasteiger partial charge on any atom is -0.460 e. The van der Waals surface area contributed by atoms with Crippen molar-refractivity contribution in [3.63, 3.8) is 0 Å². The van der Waals surface area contributed by atoms with Gasteiger partial charge in [0.15, 0.2) is 0 Å². The molecule has 1 heterocycles. The number of para-hydroxylation sites is 1. The zero-order valence-corrected chi connectivity index (χ0v) is 15.7. The maximum atomic E-state index is 12.1. The van der Waals surface area contributed by atoms with Gasteiger partial charge in [0.05, 0.1) is 5.56 Å². The molecule has 0 aliphatic heterocycles. The number of hydrogen-bond donors (Lipinski definition) is 2. The number of nitrogens with one attached hydrogen (secondary N) is 2. The Kier molecular flexibility index (Phi) is 5.53. The highest BCUT2D eigenvalue weighted by atomic mass is 79.9. The molecule has 3 aromatic rings. The quantitative estimate of drug-likeness (QED) is 0.497. The summed E-state index contributed by atoms with van der Waals surface area (Å²) >= 11 is 3.30. The van der Waals surface area contributed by atoms with Crippen LogP contribution in [0.25, 0.3) is 17.0 Å². The molecule has 2 N–H and O–H groups in total. The van der Waals surface area contributed by atoms with Gasteiger partial charge in [0.25, 0.3) is 11.8 Å². The maximum Gasteiger partial charge on any atom is 0.270 e. The van der Waals surface area contributed by atoms with Gasteiger partial charge < -0.3 is 4.42 Å². The second kappa shape index (κ2) is 8.01. The number of carbonyl (C=O) groups is 2. The lowest BCUT2D eigenvalue weighted by molar-refractivity contribution is -0.117. The molecule has 132 valence electrons. The van der Waals surface area contributed by atoms with E-state index >= 15 is 0 Å². The summed E-state index contributed by atoms with van der Waals surface area (Å²) < 4.78 is 6.44. The zero-order valence-electron chi connectivity index (χ0n) is 14.1. The van der Waals surface area contributed by atoms with E-state index in [1.54, 1.807) is 24.3 Å². The topological polar surface area (TPSA) is 71.3 Å². The zero-order chi connectivity index (χ0) is 18.5. The third-order valence-electron chi connectivity index (χ3n) is 3.85. The smallest absolute Gasteiger partial charge is 0.270 e. The molecule has 0 fully saturated rings. The molecule has 1 aromatic heterocycles. The summed E-state index contributed by atoms with van der Waals surface area (Å²) in [6.07, 6.45) is 3.79. The van der Waals surface area contributed by atoms with E-state index in [1.165, 1.54) is 6.08 Å². The summed E-state index contributed by atoms with van der Waals surface area (Å²) in [5, 5.41) is 0.950. The Labute approximate surface area is 159 Å². The highest BCUT2D eigenvalue weighted by Crippen LogP contribution is 2.27. The van der Waals surface area contributed by atoms with Gasteiger partial charge >= 0.3 is 0 Å². The lowest BCUT2D eigenvalue weighted by atomic mass is 10.1. The largest absolute Gasteiger partial charge is 0.460 e. The summed E-state index contributed by atoms with van der Waals surface area (Å²) in [5.41, 5.74) is 6.86. The Morgan fingerprint density at radius 1 is 1.08 bits per heavy atom. The van der Waals surface area contributed by atoms with Crippen molar-refractivity contribution in [1.29, 1.82) is 0 Å². The van der Waals surface area contributed by atoms with Gasteiger partial charge in [0.1, 0.15) is 11.3 Å². The molecule has 0 aliphatic rings. The minimum absolute atomic E-state index is 0.401. The van der Waals surface area contributed by atoms with E-state index in [0.29, 0.717) is 10.0 Å². The molecule has 26 heavy (non-hydrogen) atoms. The van der Waals surface area contributed by atoms with Gasteiger partial charge in [0, 0.05) is 27.9 Å². The van der Waals surface area contributed by atoms with E-state index in [9.17, 15) is 9.59 Å². The molecule has 0 unspecified atom stereocenters. The number of furan rings is 1. The molecule has 2 amide bonds. The maximum absolute atomic E-state index is 12.1. The van der Waals surface area contributed by atoms with Gasteiger partial charge in [-0.15, -0.1) is 0 Å². The summed E-state index contributed by atoms with van der Waals surface area (Å²) in [7, 11) is 0.